The highest BCUT2D eigenvalue weighted by Crippen LogP contribution is 2.25. The Hall–Kier alpha value is -1.13. The minimum Gasteiger partial charge on any atom is -0.467 e. The Balaban J connectivity index is 2.92. The first-order chi connectivity index (χ1) is 7.19. The van der Waals surface area contributed by atoms with E-state index in [4.69, 9.17) is 9.47 Å². The number of rotatable bonds is 5. The fourth-order valence-electron chi connectivity index (χ4n) is 1.27. The lowest BCUT2D eigenvalue weighted by Crippen LogP contribution is -2.14. The smallest absolute Gasteiger partial charge is 0.188 e. The summed E-state index contributed by atoms with van der Waals surface area (Å²) in [5.41, 5.74) is 0.787. The maximum Gasteiger partial charge on any atom is 0.188 e. The van der Waals surface area contributed by atoms with Crippen molar-refractivity contribution in [3.8, 4) is 5.75 Å². The summed E-state index contributed by atoms with van der Waals surface area (Å²) in [6.45, 7) is 2.10. The molecular formula is C11H16FNO2. The number of halogens is 1. The zero-order chi connectivity index (χ0) is 11.3. The van der Waals surface area contributed by atoms with Crippen LogP contribution in [0.15, 0.2) is 18.2 Å². The molecule has 1 atom stereocenters. The van der Waals surface area contributed by atoms with Crippen molar-refractivity contribution in [1.82, 2.24) is 5.32 Å². The summed E-state index contributed by atoms with van der Waals surface area (Å²) < 4.78 is 23.2. The van der Waals surface area contributed by atoms with Crippen molar-refractivity contribution >= 4 is 0 Å². The Morgan fingerprint density at radius 3 is 2.80 bits per heavy atom. The van der Waals surface area contributed by atoms with Crippen molar-refractivity contribution in [3.05, 3.63) is 29.6 Å². The molecule has 0 heterocycles. The molecule has 0 saturated carbocycles. The zero-order valence-corrected chi connectivity index (χ0v) is 9.21. The first kappa shape index (κ1) is 11.9. The fraction of sp³-hybridized carbons (Fsp3) is 0.455. The molecule has 0 aliphatic heterocycles. The third-order valence-corrected chi connectivity index (χ3v) is 2.20. The summed E-state index contributed by atoms with van der Waals surface area (Å²) >= 11 is 0. The molecule has 0 saturated heterocycles. The van der Waals surface area contributed by atoms with E-state index in [1.165, 1.54) is 12.1 Å². The van der Waals surface area contributed by atoms with E-state index in [0.29, 0.717) is 5.75 Å². The van der Waals surface area contributed by atoms with E-state index in [9.17, 15) is 4.39 Å². The van der Waals surface area contributed by atoms with Crippen LogP contribution in [0.3, 0.4) is 0 Å². The predicted molar refractivity (Wildman–Crippen MR) is 56.4 cm³/mol. The van der Waals surface area contributed by atoms with Crippen molar-refractivity contribution in [2.24, 2.45) is 0 Å². The fourth-order valence-corrected chi connectivity index (χ4v) is 1.27. The van der Waals surface area contributed by atoms with Crippen LogP contribution in [-0.2, 0) is 4.74 Å². The van der Waals surface area contributed by atoms with Crippen molar-refractivity contribution in [2.45, 2.75) is 13.0 Å². The van der Waals surface area contributed by atoms with Gasteiger partial charge in [0, 0.05) is 18.7 Å². The van der Waals surface area contributed by atoms with Gasteiger partial charge in [-0.05, 0) is 32.2 Å². The van der Waals surface area contributed by atoms with Crippen LogP contribution in [0.1, 0.15) is 18.5 Å². The summed E-state index contributed by atoms with van der Waals surface area (Å²) in [5.74, 6) is 0.372. The van der Waals surface area contributed by atoms with E-state index in [1.807, 2.05) is 14.0 Å². The molecule has 0 bridgehead atoms. The van der Waals surface area contributed by atoms with Crippen LogP contribution in [0, 0.1) is 5.82 Å². The summed E-state index contributed by atoms with van der Waals surface area (Å²) in [6.07, 6.45) is 0. The number of methoxy groups -OCH3 is 1. The first-order valence-corrected chi connectivity index (χ1v) is 4.77. The van der Waals surface area contributed by atoms with Gasteiger partial charge in [0.05, 0.1) is 0 Å². The molecule has 0 spiro atoms. The highest BCUT2D eigenvalue weighted by molar-refractivity contribution is 5.36. The molecule has 0 radical (unpaired) electrons. The van der Waals surface area contributed by atoms with Gasteiger partial charge in [-0.25, -0.2) is 4.39 Å². The third kappa shape index (κ3) is 3.18. The van der Waals surface area contributed by atoms with Crippen molar-refractivity contribution < 1.29 is 13.9 Å². The molecule has 1 rings (SSSR count). The van der Waals surface area contributed by atoms with E-state index in [1.54, 1.807) is 13.2 Å². The monoisotopic (exact) mass is 213 g/mol. The van der Waals surface area contributed by atoms with Crippen LogP contribution >= 0.6 is 0 Å². The number of nitrogens with one attached hydrogen (secondary N) is 1. The Kier molecular flexibility index (Phi) is 4.52. The Labute approximate surface area is 89.2 Å². The van der Waals surface area contributed by atoms with E-state index in [2.05, 4.69) is 5.32 Å². The van der Waals surface area contributed by atoms with Gasteiger partial charge in [0.1, 0.15) is 11.6 Å². The van der Waals surface area contributed by atoms with Gasteiger partial charge in [0.25, 0.3) is 0 Å². The SMILES string of the molecule is CNC(C)c1cc(F)ccc1OCOC. The second-order valence-electron chi connectivity index (χ2n) is 3.24. The molecular weight excluding hydrogens is 197 g/mol. The van der Waals surface area contributed by atoms with Gasteiger partial charge in [-0.15, -0.1) is 0 Å². The van der Waals surface area contributed by atoms with Crippen molar-refractivity contribution in [1.29, 1.82) is 0 Å². The number of hydrogen-bond donors (Lipinski definition) is 1. The molecule has 1 N–H and O–H groups in total. The van der Waals surface area contributed by atoms with Gasteiger partial charge in [-0.1, -0.05) is 0 Å². The molecule has 0 aromatic heterocycles. The lowest BCUT2D eigenvalue weighted by molar-refractivity contribution is 0.0500. The molecule has 0 aliphatic rings. The van der Waals surface area contributed by atoms with E-state index in [-0.39, 0.29) is 18.7 Å². The van der Waals surface area contributed by atoms with Crippen LogP contribution in [0.4, 0.5) is 4.39 Å². The minimum absolute atomic E-state index is 0.0348. The average Bonchev–Trinajstić information content (AvgIpc) is 2.26. The number of ether oxygens (including phenoxy) is 2. The van der Waals surface area contributed by atoms with Crippen molar-refractivity contribution in [3.63, 3.8) is 0 Å². The summed E-state index contributed by atoms with van der Waals surface area (Å²) in [5, 5.41) is 3.04. The molecule has 84 valence electrons. The lowest BCUT2D eigenvalue weighted by Gasteiger charge is -2.16. The van der Waals surface area contributed by atoms with Gasteiger partial charge >= 0.3 is 0 Å². The molecule has 0 fully saturated rings. The number of benzene rings is 1. The second kappa shape index (κ2) is 5.68. The van der Waals surface area contributed by atoms with Gasteiger partial charge in [0.2, 0.25) is 0 Å². The normalized spacial score (nSPS) is 12.5. The largest absolute Gasteiger partial charge is 0.467 e. The van der Waals surface area contributed by atoms with Gasteiger partial charge in [-0.2, -0.15) is 0 Å². The minimum atomic E-state index is -0.267. The quantitative estimate of drug-likeness (QED) is 0.760. The summed E-state index contributed by atoms with van der Waals surface area (Å²) in [4.78, 5) is 0. The molecule has 4 heteroatoms. The predicted octanol–water partition coefficient (Wildman–Crippen LogP) is 2.09. The van der Waals surface area contributed by atoms with Crippen LogP contribution < -0.4 is 10.1 Å². The zero-order valence-electron chi connectivity index (χ0n) is 9.21. The number of hydrogen-bond acceptors (Lipinski definition) is 3. The summed E-state index contributed by atoms with van der Waals surface area (Å²) in [7, 11) is 3.36. The van der Waals surface area contributed by atoms with Gasteiger partial charge in [0.15, 0.2) is 6.79 Å². The van der Waals surface area contributed by atoms with Crippen LogP contribution in [0.2, 0.25) is 0 Å². The maximum absolute atomic E-state index is 13.1. The lowest BCUT2D eigenvalue weighted by atomic mass is 10.1. The molecule has 1 aromatic carbocycles. The molecule has 1 unspecified atom stereocenters. The van der Waals surface area contributed by atoms with E-state index >= 15 is 0 Å². The highest BCUT2D eigenvalue weighted by Gasteiger charge is 2.11. The first-order valence-electron chi connectivity index (χ1n) is 4.77. The van der Waals surface area contributed by atoms with Crippen LogP contribution in [0.25, 0.3) is 0 Å². The van der Waals surface area contributed by atoms with Gasteiger partial charge in [-0.3, -0.25) is 0 Å². The summed E-state index contributed by atoms with van der Waals surface area (Å²) in [6, 6.07) is 4.48. The Bertz CT molecular complexity index is 317. The second-order valence-corrected chi connectivity index (χ2v) is 3.24. The van der Waals surface area contributed by atoms with Crippen LogP contribution in [0.5, 0.6) is 5.75 Å². The van der Waals surface area contributed by atoms with E-state index < -0.39 is 0 Å². The highest BCUT2D eigenvalue weighted by atomic mass is 19.1. The average molecular weight is 213 g/mol. The molecule has 15 heavy (non-hydrogen) atoms. The standard InChI is InChI=1S/C11H16FNO2/c1-8(13-2)10-6-9(12)4-5-11(10)15-7-14-3/h4-6,8,13H,7H2,1-3H3. The van der Waals surface area contributed by atoms with Crippen LogP contribution in [-0.4, -0.2) is 21.0 Å². The van der Waals surface area contributed by atoms with Gasteiger partial charge < -0.3 is 14.8 Å². The topological polar surface area (TPSA) is 30.5 Å². The molecule has 1 aromatic rings. The Morgan fingerprint density at radius 1 is 1.47 bits per heavy atom. The van der Waals surface area contributed by atoms with Crippen molar-refractivity contribution in [2.75, 3.05) is 21.0 Å². The van der Waals surface area contributed by atoms with E-state index in [0.717, 1.165) is 5.56 Å². The molecule has 0 aliphatic carbocycles. The molecule has 0 amide bonds. The molecule has 3 nitrogen and oxygen atoms in total. The maximum atomic E-state index is 13.1. The third-order valence-electron chi connectivity index (χ3n) is 2.20. The Morgan fingerprint density at radius 2 is 2.20 bits per heavy atom.